The van der Waals surface area contributed by atoms with Crippen molar-refractivity contribution in [2.24, 2.45) is 22.7 Å². The van der Waals surface area contributed by atoms with Crippen LogP contribution in [0.4, 0.5) is 14.5 Å². The molecule has 9 rings (SSSR count). The highest BCUT2D eigenvalue weighted by Crippen LogP contribution is 2.70. The van der Waals surface area contributed by atoms with Crippen molar-refractivity contribution in [3.05, 3.63) is 106 Å². The maximum absolute atomic E-state index is 14.5. The van der Waals surface area contributed by atoms with Crippen molar-refractivity contribution >= 4 is 46.6 Å². The van der Waals surface area contributed by atoms with E-state index in [1.807, 2.05) is 82.3 Å². The summed E-state index contributed by atoms with van der Waals surface area (Å²) >= 11 is 1.57. The predicted molar refractivity (Wildman–Crippen MR) is 302 cm³/mol. The molecular formula is C59H76F2N10O11S. The molecule has 83 heavy (non-hydrogen) atoms. The minimum Gasteiger partial charge on any atom is -0.391 e. The van der Waals surface area contributed by atoms with Gasteiger partial charge >= 0.3 is 0 Å². The molecule has 3 fully saturated rings. The second-order valence-electron chi connectivity index (χ2n) is 23.1. The Kier molecular flexibility index (Phi) is 19.9. The van der Waals surface area contributed by atoms with E-state index in [4.69, 9.17) is 23.7 Å². The van der Waals surface area contributed by atoms with Gasteiger partial charge in [-0.1, -0.05) is 82.3 Å². The van der Waals surface area contributed by atoms with Crippen LogP contribution < -0.4 is 16.0 Å². The summed E-state index contributed by atoms with van der Waals surface area (Å²) in [6.45, 7) is 13.3. The fourth-order valence-electron chi connectivity index (χ4n) is 11.2. The SMILES string of the molecule is Cc1ncsc1-c1ccc(CNC(=O)[C@@H]2C[C@@H](O)CN2C(=O)C(NC(=O)CCOCCOCCOCCOCCOCCC(=O)N2CC(C(c3ccccc3)n3cc(NC(=O)c4n[nH]c5c4C[C@@H]4C(F)(F)[C@]4(C)C5)cn3)C2)C(C)(C)C)cc1. The van der Waals surface area contributed by atoms with Crippen LogP contribution in [0.2, 0.25) is 0 Å². The number of aryl methyl sites for hydroxylation is 1. The number of thiazole rings is 1. The van der Waals surface area contributed by atoms with Crippen molar-refractivity contribution in [3.8, 4) is 10.4 Å². The first-order valence-electron chi connectivity index (χ1n) is 28.4. The smallest absolute Gasteiger partial charge is 0.276 e. The van der Waals surface area contributed by atoms with Gasteiger partial charge in [0.1, 0.15) is 12.1 Å². The van der Waals surface area contributed by atoms with E-state index in [1.54, 1.807) is 45.7 Å². The highest BCUT2D eigenvalue weighted by atomic mass is 32.1. The number of halogens is 2. The first-order chi connectivity index (χ1) is 39.8. The molecule has 0 bridgehead atoms. The predicted octanol–water partition coefficient (Wildman–Crippen LogP) is 5.38. The first kappa shape index (κ1) is 61.0. The van der Waals surface area contributed by atoms with Crippen molar-refractivity contribution in [1.82, 2.24) is 45.4 Å². The maximum atomic E-state index is 14.5. The number of rotatable bonds is 29. The van der Waals surface area contributed by atoms with Gasteiger partial charge in [0.05, 0.1) is 113 Å². The Labute approximate surface area is 485 Å². The number of aromatic amines is 1. The van der Waals surface area contributed by atoms with Crippen LogP contribution in [0.15, 0.2) is 72.5 Å². The van der Waals surface area contributed by atoms with Gasteiger partial charge in [-0.2, -0.15) is 10.2 Å². The number of hydrogen-bond donors (Lipinski definition) is 5. The highest BCUT2D eigenvalue weighted by Gasteiger charge is 2.78. The van der Waals surface area contributed by atoms with Crippen LogP contribution in [-0.4, -0.2) is 179 Å². The normalized spacial score (nSPS) is 20.7. The molecule has 2 aromatic carbocycles. The number of aromatic nitrogens is 5. The lowest BCUT2D eigenvalue weighted by Gasteiger charge is -2.43. The molecule has 2 saturated heterocycles. The largest absolute Gasteiger partial charge is 0.391 e. The maximum Gasteiger partial charge on any atom is 0.276 e. The van der Waals surface area contributed by atoms with Crippen LogP contribution in [0, 0.1) is 29.6 Å². The molecule has 5 N–H and O–H groups in total. The van der Waals surface area contributed by atoms with E-state index in [-0.39, 0.29) is 107 Å². The third kappa shape index (κ3) is 14.7. The minimum atomic E-state index is -2.76. The zero-order valence-electron chi connectivity index (χ0n) is 47.7. The van der Waals surface area contributed by atoms with E-state index >= 15 is 0 Å². The number of amides is 5. The summed E-state index contributed by atoms with van der Waals surface area (Å²) in [6, 6.07) is 15.6. The van der Waals surface area contributed by atoms with Gasteiger partial charge < -0.3 is 54.5 Å². The summed E-state index contributed by atoms with van der Waals surface area (Å²) in [5.41, 5.74) is 5.59. The average molecular weight is 1170 g/mol. The van der Waals surface area contributed by atoms with Crippen molar-refractivity contribution in [1.29, 1.82) is 0 Å². The molecule has 5 aromatic rings. The molecular weight excluding hydrogens is 1090 g/mol. The number of nitrogens with one attached hydrogen (secondary N) is 4. The first-order valence-corrected chi connectivity index (χ1v) is 29.3. The van der Waals surface area contributed by atoms with Gasteiger partial charge in [-0.25, -0.2) is 13.8 Å². The number of alkyl halides is 2. The molecule has 5 amide bonds. The van der Waals surface area contributed by atoms with E-state index < -0.39 is 52.7 Å². The summed E-state index contributed by atoms with van der Waals surface area (Å²) in [5.74, 6) is -5.21. The van der Waals surface area contributed by atoms with Crippen LogP contribution in [0.3, 0.4) is 0 Å². The molecule has 2 aliphatic carbocycles. The Balaban J connectivity index is 0.582. The van der Waals surface area contributed by atoms with Gasteiger partial charge in [0.15, 0.2) is 5.69 Å². The second kappa shape index (κ2) is 27.0. The van der Waals surface area contributed by atoms with Crippen LogP contribution >= 0.6 is 11.3 Å². The van der Waals surface area contributed by atoms with E-state index in [0.717, 1.165) is 27.3 Å². The fourth-order valence-corrected chi connectivity index (χ4v) is 12.0. The monoisotopic (exact) mass is 1170 g/mol. The number of anilines is 1. The number of hydrogen-bond acceptors (Lipinski definition) is 15. The molecule has 4 aliphatic rings. The number of likely N-dealkylation sites (tertiary alicyclic amines) is 2. The average Bonchev–Trinajstić information content (AvgIpc) is 2.48. The number of aliphatic hydroxyl groups excluding tert-OH is 1. The highest BCUT2D eigenvalue weighted by molar-refractivity contribution is 7.13. The third-order valence-corrected chi connectivity index (χ3v) is 17.1. The van der Waals surface area contributed by atoms with Crippen LogP contribution in [0.5, 0.6) is 0 Å². The fraction of sp³-hybridized carbons (Fsp3) is 0.559. The van der Waals surface area contributed by atoms with Crippen molar-refractivity contribution in [2.45, 2.75) is 103 Å². The Bertz CT molecular complexity index is 3020. The van der Waals surface area contributed by atoms with Crippen molar-refractivity contribution < 1.29 is 61.5 Å². The third-order valence-electron chi connectivity index (χ3n) is 16.1. The molecule has 1 saturated carbocycles. The number of β-amino-alcohol motifs (C(OH)–C–C–N with tert-alkyl or cyclic N) is 1. The standard InChI is InChI=1S/C59H76F2N10O11S/c1-37-52(83-36-63-37)40-13-11-38(12-14-40)30-62-54(75)46-27-43(72)35-70(46)56(77)53(57(2,3)4)66-48(73)15-17-78-19-21-80-23-25-82-26-24-81-22-20-79-18-16-49(74)69-32-41(33-69)51(39-9-7-6-8-10-39)71-34-42(31-64-71)65-55(76)50-44-28-47-58(5,59(47,60)61)29-45(44)67-68-50/h6-14,31,34,36,41,43,46-47,51,53,72H,15-30,32-33,35H2,1-5H3,(H,62,75)(H,65,76)(H,66,73)(H,67,68)/t43-,46+,47+,51?,53?,58-/m1/s1. The summed E-state index contributed by atoms with van der Waals surface area (Å²) in [4.78, 5) is 75.5. The zero-order valence-corrected chi connectivity index (χ0v) is 48.5. The molecule has 2 aliphatic heterocycles. The molecule has 0 spiro atoms. The molecule has 0 radical (unpaired) electrons. The van der Waals surface area contributed by atoms with Crippen LogP contribution in [0.1, 0.15) is 91.6 Å². The summed E-state index contributed by atoms with van der Waals surface area (Å²) in [7, 11) is 0. The van der Waals surface area contributed by atoms with E-state index in [9.17, 15) is 37.9 Å². The number of aliphatic hydroxyl groups is 1. The number of carbonyl (C=O) groups is 5. The molecule has 3 aromatic heterocycles. The van der Waals surface area contributed by atoms with Gasteiger partial charge in [-0.3, -0.25) is 33.8 Å². The molecule has 6 atom stereocenters. The van der Waals surface area contributed by atoms with E-state index in [0.29, 0.717) is 69.7 Å². The minimum absolute atomic E-state index is 0.00721. The van der Waals surface area contributed by atoms with Gasteiger partial charge in [0, 0.05) is 80.1 Å². The van der Waals surface area contributed by atoms with E-state index in [2.05, 4.69) is 36.2 Å². The lowest BCUT2D eigenvalue weighted by molar-refractivity contribution is -0.144. The molecule has 2 unspecified atom stereocenters. The molecule has 21 nitrogen and oxygen atoms in total. The Hall–Kier alpha value is -6.54. The Morgan fingerprint density at radius 3 is 2.13 bits per heavy atom. The van der Waals surface area contributed by atoms with Gasteiger partial charge in [-0.15, -0.1) is 11.3 Å². The van der Waals surface area contributed by atoms with E-state index in [1.165, 1.54) is 4.90 Å². The lowest BCUT2D eigenvalue weighted by Crippen LogP contribution is -2.57. The summed E-state index contributed by atoms with van der Waals surface area (Å²) in [5, 5.41) is 30.8. The lowest BCUT2D eigenvalue weighted by atomic mass is 9.85. The van der Waals surface area contributed by atoms with Gasteiger partial charge in [0.2, 0.25) is 23.6 Å². The number of nitrogens with zero attached hydrogens (tertiary/aromatic N) is 6. The number of fused-ring (bicyclic) bond motifs is 2. The topological polar surface area (TPSA) is 254 Å². The summed E-state index contributed by atoms with van der Waals surface area (Å²) < 4.78 is 58.8. The molecule has 448 valence electrons. The Morgan fingerprint density at radius 2 is 1.51 bits per heavy atom. The number of carbonyl (C=O) groups excluding carboxylic acids is 5. The molecule has 5 heterocycles. The zero-order chi connectivity index (χ0) is 58.9. The second-order valence-corrected chi connectivity index (χ2v) is 23.9. The number of ether oxygens (including phenoxy) is 5. The van der Waals surface area contributed by atoms with Crippen molar-refractivity contribution in [3.63, 3.8) is 0 Å². The summed E-state index contributed by atoms with van der Waals surface area (Å²) in [6.07, 6.45) is 2.99. The van der Waals surface area contributed by atoms with Crippen LogP contribution in [-0.2, 0) is 62.2 Å². The quantitative estimate of drug-likeness (QED) is 0.0377. The van der Waals surface area contributed by atoms with Crippen molar-refractivity contribution in [2.75, 3.05) is 91.0 Å². The number of benzene rings is 2. The van der Waals surface area contributed by atoms with Gasteiger partial charge in [-0.05, 0) is 35.4 Å². The van der Waals surface area contributed by atoms with Gasteiger partial charge in [0.25, 0.3) is 11.8 Å². The number of H-pyrrole nitrogens is 1. The molecule has 24 heteroatoms. The Morgan fingerprint density at radius 1 is 0.867 bits per heavy atom. The van der Waals surface area contributed by atoms with Crippen LogP contribution in [0.25, 0.3) is 10.4 Å².